The van der Waals surface area contributed by atoms with E-state index in [4.69, 9.17) is 0 Å². The molecule has 158 valence electrons. The highest BCUT2D eigenvalue weighted by atomic mass is 16.4. The third kappa shape index (κ3) is 3.28. The van der Waals surface area contributed by atoms with Crippen molar-refractivity contribution in [2.75, 3.05) is 6.54 Å². The van der Waals surface area contributed by atoms with E-state index in [1.807, 2.05) is 0 Å². The molecule has 2 aromatic carbocycles. The van der Waals surface area contributed by atoms with Crippen molar-refractivity contribution in [3.8, 4) is 11.1 Å². The van der Waals surface area contributed by atoms with Crippen LogP contribution in [-0.2, 0) is 24.2 Å². The molecule has 5 rings (SSSR count). The number of nitrogens with zero attached hydrogens (tertiary/aromatic N) is 1. The Balaban J connectivity index is 1.59. The van der Waals surface area contributed by atoms with E-state index in [1.54, 1.807) is 0 Å². The van der Waals surface area contributed by atoms with Crippen LogP contribution in [0.25, 0.3) is 11.1 Å². The minimum absolute atomic E-state index is 0.0965. The van der Waals surface area contributed by atoms with Crippen LogP contribution >= 0.6 is 0 Å². The predicted molar refractivity (Wildman–Crippen MR) is 121 cm³/mol. The van der Waals surface area contributed by atoms with Crippen LogP contribution in [0.2, 0.25) is 0 Å². The highest BCUT2D eigenvalue weighted by Gasteiger charge is 2.43. The van der Waals surface area contributed by atoms with E-state index in [0.29, 0.717) is 0 Å². The zero-order valence-electron chi connectivity index (χ0n) is 18.5. The Morgan fingerprint density at radius 3 is 2.43 bits per heavy atom. The maximum Gasteiger partial charge on any atom is 0.307 e. The van der Waals surface area contributed by atoms with Gasteiger partial charge in [0.1, 0.15) is 0 Å². The average Bonchev–Trinajstić information content (AvgIpc) is 3.36. The van der Waals surface area contributed by atoms with Gasteiger partial charge in [0.05, 0.1) is 6.42 Å². The molecule has 1 aliphatic heterocycles. The normalized spacial score (nSPS) is 25.5. The van der Waals surface area contributed by atoms with Gasteiger partial charge < -0.3 is 5.11 Å². The highest BCUT2D eigenvalue weighted by molar-refractivity contribution is 5.81. The van der Waals surface area contributed by atoms with E-state index in [-0.39, 0.29) is 6.42 Å². The molecule has 0 amide bonds. The summed E-state index contributed by atoms with van der Waals surface area (Å²) in [6, 6.07) is 9.35. The minimum Gasteiger partial charge on any atom is -0.481 e. The van der Waals surface area contributed by atoms with Gasteiger partial charge >= 0.3 is 5.97 Å². The molecule has 1 heterocycles. The predicted octanol–water partition coefficient (Wildman–Crippen LogP) is 5.45. The lowest BCUT2D eigenvalue weighted by atomic mass is 9.80. The molecule has 0 radical (unpaired) electrons. The first-order chi connectivity index (χ1) is 14.4. The molecule has 1 N–H and O–H groups in total. The molecule has 2 saturated carbocycles. The summed E-state index contributed by atoms with van der Waals surface area (Å²) in [5.41, 5.74) is 9.93. The summed E-state index contributed by atoms with van der Waals surface area (Å²) in [5.74, 6) is 1.12. The van der Waals surface area contributed by atoms with Gasteiger partial charge in [-0.2, -0.15) is 0 Å². The van der Waals surface area contributed by atoms with Gasteiger partial charge in [0.2, 0.25) is 0 Å². The van der Waals surface area contributed by atoms with Gasteiger partial charge in [-0.25, -0.2) is 0 Å². The Morgan fingerprint density at radius 2 is 1.80 bits per heavy atom. The summed E-state index contributed by atoms with van der Waals surface area (Å²) in [4.78, 5) is 14.5. The van der Waals surface area contributed by atoms with E-state index < -0.39 is 5.97 Å². The fourth-order valence-corrected chi connectivity index (χ4v) is 6.71. The SMILES string of the molecule is Cc1ccc(-c2c(C)c3c(c(C)c2CC(=O)O)CCN(C2CC4CCC2C4)C3)cc1. The number of fused-ring (bicyclic) bond motifs is 3. The molecule has 3 unspecified atom stereocenters. The molecule has 3 nitrogen and oxygen atoms in total. The van der Waals surface area contributed by atoms with Gasteiger partial charge in [0.15, 0.2) is 0 Å². The Bertz CT molecular complexity index is 991. The van der Waals surface area contributed by atoms with E-state index in [2.05, 4.69) is 49.9 Å². The summed E-state index contributed by atoms with van der Waals surface area (Å²) in [5, 5.41) is 9.64. The number of benzene rings is 2. The van der Waals surface area contributed by atoms with Crippen LogP contribution in [0.5, 0.6) is 0 Å². The van der Waals surface area contributed by atoms with Gasteiger partial charge in [0, 0.05) is 19.1 Å². The quantitative estimate of drug-likeness (QED) is 0.738. The van der Waals surface area contributed by atoms with Crippen molar-refractivity contribution < 1.29 is 9.90 Å². The van der Waals surface area contributed by atoms with Crippen molar-refractivity contribution in [3.05, 3.63) is 57.6 Å². The van der Waals surface area contributed by atoms with E-state index >= 15 is 0 Å². The zero-order chi connectivity index (χ0) is 21.0. The Labute approximate surface area is 180 Å². The summed E-state index contributed by atoms with van der Waals surface area (Å²) in [6.45, 7) is 8.63. The topological polar surface area (TPSA) is 40.5 Å². The van der Waals surface area contributed by atoms with Crippen molar-refractivity contribution >= 4 is 5.97 Å². The second kappa shape index (κ2) is 7.53. The van der Waals surface area contributed by atoms with Gasteiger partial charge in [-0.05, 0) is 97.2 Å². The molecule has 3 heteroatoms. The monoisotopic (exact) mass is 403 g/mol. The first-order valence-corrected chi connectivity index (χ1v) is 11.6. The first-order valence-electron chi connectivity index (χ1n) is 11.6. The molecule has 0 saturated heterocycles. The van der Waals surface area contributed by atoms with Crippen LogP contribution in [0, 0.1) is 32.6 Å². The van der Waals surface area contributed by atoms with E-state index in [1.165, 1.54) is 53.5 Å². The number of aryl methyl sites for hydroxylation is 1. The molecule has 3 atom stereocenters. The van der Waals surface area contributed by atoms with Crippen LogP contribution in [0.3, 0.4) is 0 Å². The molecule has 2 fully saturated rings. The smallest absolute Gasteiger partial charge is 0.307 e. The fourth-order valence-electron chi connectivity index (χ4n) is 6.71. The standard InChI is InChI=1S/C27H33NO2/c1-16-4-7-20(8-5-16)27-18(3)24-15-28(25-13-19-6-9-21(25)12-19)11-10-22(24)17(2)23(27)14-26(29)30/h4-5,7-8,19,21,25H,6,9-15H2,1-3H3,(H,29,30). The van der Waals surface area contributed by atoms with Crippen molar-refractivity contribution in [3.63, 3.8) is 0 Å². The van der Waals surface area contributed by atoms with Gasteiger partial charge in [0.25, 0.3) is 0 Å². The molecule has 2 aliphatic carbocycles. The maximum absolute atomic E-state index is 11.7. The summed E-state index contributed by atoms with van der Waals surface area (Å²) >= 11 is 0. The van der Waals surface area contributed by atoms with Crippen LogP contribution in [0.1, 0.15) is 59.1 Å². The van der Waals surface area contributed by atoms with E-state index in [9.17, 15) is 9.90 Å². The second-order valence-corrected chi connectivity index (χ2v) is 9.96. The Kier molecular flexibility index (Phi) is 4.97. The molecule has 30 heavy (non-hydrogen) atoms. The molecule has 0 spiro atoms. The summed E-state index contributed by atoms with van der Waals surface area (Å²) in [7, 11) is 0. The number of hydrogen-bond acceptors (Lipinski definition) is 2. The molecular weight excluding hydrogens is 370 g/mol. The third-order valence-electron chi connectivity index (χ3n) is 8.25. The van der Waals surface area contributed by atoms with Gasteiger partial charge in [-0.15, -0.1) is 0 Å². The van der Waals surface area contributed by atoms with Crippen LogP contribution < -0.4 is 0 Å². The number of carboxylic acid groups (broad SMARTS) is 1. The van der Waals surface area contributed by atoms with Crippen LogP contribution in [0.15, 0.2) is 24.3 Å². The van der Waals surface area contributed by atoms with E-state index in [0.717, 1.165) is 54.1 Å². The third-order valence-corrected chi connectivity index (χ3v) is 8.25. The fraction of sp³-hybridized carbons (Fsp3) is 0.519. The molecule has 3 aliphatic rings. The number of rotatable bonds is 4. The minimum atomic E-state index is -0.745. The van der Waals surface area contributed by atoms with Crippen molar-refractivity contribution in [1.82, 2.24) is 4.90 Å². The Hall–Kier alpha value is -2.13. The summed E-state index contributed by atoms with van der Waals surface area (Å²) < 4.78 is 0. The van der Waals surface area contributed by atoms with Crippen LogP contribution in [0.4, 0.5) is 0 Å². The second-order valence-electron chi connectivity index (χ2n) is 9.96. The highest BCUT2D eigenvalue weighted by Crippen LogP contribution is 2.48. The maximum atomic E-state index is 11.7. The van der Waals surface area contributed by atoms with Crippen LogP contribution in [-0.4, -0.2) is 28.6 Å². The summed E-state index contributed by atoms with van der Waals surface area (Å²) in [6.07, 6.45) is 6.84. The lowest BCUT2D eigenvalue weighted by Crippen LogP contribution is -2.42. The van der Waals surface area contributed by atoms with Gasteiger partial charge in [-0.3, -0.25) is 9.69 Å². The van der Waals surface area contributed by atoms with Gasteiger partial charge in [-0.1, -0.05) is 36.2 Å². The number of carbonyl (C=O) groups is 1. The lowest BCUT2D eigenvalue weighted by Gasteiger charge is -2.40. The van der Waals surface area contributed by atoms with Crippen molar-refractivity contribution in [1.29, 1.82) is 0 Å². The van der Waals surface area contributed by atoms with Crippen molar-refractivity contribution in [2.45, 2.75) is 71.9 Å². The lowest BCUT2D eigenvalue weighted by molar-refractivity contribution is -0.136. The Morgan fingerprint density at radius 1 is 1.03 bits per heavy atom. The number of hydrogen-bond donors (Lipinski definition) is 1. The molecular formula is C27H33NO2. The first kappa shape index (κ1) is 19.8. The number of carboxylic acids is 1. The molecule has 0 aromatic heterocycles. The zero-order valence-corrected chi connectivity index (χ0v) is 18.5. The largest absolute Gasteiger partial charge is 0.481 e. The van der Waals surface area contributed by atoms with Crippen molar-refractivity contribution in [2.24, 2.45) is 11.8 Å². The molecule has 2 aromatic rings. The number of aliphatic carboxylic acids is 1. The molecule has 2 bridgehead atoms. The average molecular weight is 404 g/mol.